The second-order valence-electron chi connectivity index (χ2n) is 6.64. The third-order valence-electron chi connectivity index (χ3n) is 4.90. The number of amides is 1. The SMILES string of the molecule is COc1cc(CCN(C)C(=O)Cc2c[nH]c3ccccc23)cc(OC)c1OC. The van der Waals surface area contributed by atoms with Crippen LogP contribution in [-0.4, -0.2) is 50.7 Å². The van der Waals surface area contributed by atoms with E-state index in [1.54, 1.807) is 26.2 Å². The lowest BCUT2D eigenvalue weighted by Crippen LogP contribution is -2.30. The predicted molar refractivity (Wildman–Crippen MR) is 109 cm³/mol. The molecule has 0 spiro atoms. The summed E-state index contributed by atoms with van der Waals surface area (Å²) in [6, 6.07) is 11.8. The zero-order valence-corrected chi connectivity index (χ0v) is 16.7. The first-order valence-corrected chi connectivity index (χ1v) is 9.15. The normalized spacial score (nSPS) is 10.7. The summed E-state index contributed by atoms with van der Waals surface area (Å²) in [5, 5.41) is 1.09. The maximum absolute atomic E-state index is 12.7. The first kappa shape index (κ1) is 19.6. The van der Waals surface area contributed by atoms with E-state index < -0.39 is 0 Å². The van der Waals surface area contributed by atoms with Crippen LogP contribution in [0.5, 0.6) is 17.2 Å². The van der Waals surface area contributed by atoms with Crippen molar-refractivity contribution in [3.8, 4) is 17.2 Å². The van der Waals surface area contributed by atoms with Crippen molar-refractivity contribution >= 4 is 16.8 Å². The number of aromatic amines is 1. The van der Waals surface area contributed by atoms with Crippen molar-refractivity contribution in [2.24, 2.45) is 0 Å². The zero-order valence-electron chi connectivity index (χ0n) is 16.7. The fraction of sp³-hybridized carbons (Fsp3) is 0.318. The minimum atomic E-state index is 0.0807. The number of nitrogens with one attached hydrogen (secondary N) is 1. The molecule has 0 unspecified atom stereocenters. The van der Waals surface area contributed by atoms with E-state index in [2.05, 4.69) is 4.98 Å². The lowest BCUT2D eigenvalue weighted by Gasteiger charge is -2.18. The van der Waals surface area contributed by atoms with Crippen LogP contribution in [0, 0.1) is 0 Å². The van der Waals surface area contributed by atoms with Crippen molar-refractivity contribution in [3.05, 3.63) is 53.7 Å². The van der Waals surface area contributed by atoms with Gasteiger partial charge in [-0.05, 0) is 35.7 Å². The van der Waals surface area contributed by atoms with Gasteiger partial charge in [0.05, 0.1) is 27.8 Å². The fourth-order valence-electron chi connectivity index (χ4n) is 3.28. The Bertz CT molecular complexity index is 939. The average molecular weight is 382 g/mol. The largest absolute Gasteiger partial charge is 0.493 e. The van der Waals surface area contributed by atoms with Gasteiger partial charge in [0.15, 0.2) is 11.5 Å². The first-order valence-electron chi connectivity index (χ1n) is 9.15. The van der Waals surface area contributed by atoms with Gasteiger partial charge in [0.25, 0.3) is 0 Å². The molecule has 6 nitrogen and oxygen atoms in total. The van der Waals surface area contributed by atoms with Crippen LogP contribution in [0.15, 0.2) is 42.6 Å². The number of rotatable bonds is 8. The molecule has 0 aliphatic rings. The molecule has 6 heteroatoms. The zero-order chi connectivity index (χ0) is 20.1. The van der Waals surface area contributed by atoms with Gasteiger partial charge < -0.3 is 24.1 Å². The van der Waals surface area contributed by atoms with Gasteiger partial charge in [-0.1, -0.05) is 18.2 Å². The number of hydrogen-bond acceptors (Lipinski definition) is 4. The molecule has 2 aromatic carbocycles. The Morgan fingerprint density at radius 3 is 2.36 bits per heavy atom. The molecular weight excluding hydrogens is 356 g/mol. The number of methoxy groups -OCH3 is 3. The number of aromatic nitrogens is 1. The molecule has 0 atom stereocenters. The molecule has 148 valence electrons. The molecule has 0 fully saturated rings. The van der Waals surface area contributed by atoms with Gasteiger partial charge in [-0.25, -0.2) is 0 Å². The van der Waals surface area contributed by atoms with Gasteiger partial charge in [-0.3, -0.25) is 4.79 Å². The van der Waals surface area contributed by atoms with E-state index in [1.807, 2.05) is 49.6 Å². The molecule has 1 aromatic heterocycles. The monoisotopic (exact) mass is 382 g/mol. The molecular formula is C22H26N2O4. The van der Waals surface area contributed by atoms with Crippen molar-refractivity contribution in [3.63, 3.8) is 0 Å². The van der Waals surface area contributed by atoms with Crippen molar-refractivity contribution in [2.45, 2.75) is 12.8 Å². The summed E-state index contributed by atoms with van der Waals surface area (Å²) in [5.74, 6) is 1.88. The predicted octanol–water partition coefficient (Wildman–Crippen LogP) is 3.44. The van der Waals surface area contributed by atoms with Gasteiger partial charge in [-0.2, -0.15) is 0 Å². The standard InChI is InChI=1S/C22H26N2O4/c1-24(21(25)13-16-14-23-18-8-6-5-7-17(16)18)10-9-15-11-19(26-2)22(28-4)20(12-15)27-3/h5-8,11-12,14,23H,9-10,13H2,1-4H3. The van der Waals surface area contributed by atoms with Crippen LogP contribution in [0.4, 0.5) is 0 Å². The lowest BCUT2D eigenvalue weighted by molar-refractivity contribution is -0.129. The molecule has 3 aromatic rings. The summed E-state index contributed by atoms with van der Waals surface area (Å²) in [5.41, 5.74) is 3.08. The number of hydrogen-bond donors (Lipinski definition) is 1. The molecule has 0 radical (unpaired) electrons. The topological polar surface area (TPSA) is 63.8 Å². The minimum absolute atomic E-state index is 0.0807. The second-order valence-corrected chi connectivity index (χ2v) is 6.64. The summed E-state index contributed by atoms with van der Waals surface area (Å²) in [7, 11) is 6.60. The summed E-state index contributed by atoms with van der Waals surface area (Å²) < 4.78 is 16.1. The van der Waals surface area contributed by atoms with Gasteiger partial charge in [0, 0.05) is 30.7 Å². The molecule has 1 heterocycles. The van der Waals surface area contributed by atoms with E-state index in [0.717, 1.165) is 22.0 Å². The number of ether oxygens (including phenoxy) is 3. The first-order chi connectivity index (χ1) is 13.6. The maximum atomic E-state index is 12.7. The quantitative estimate of drug-likeness (QED) is 0.648. The smallest absolute Gasteiger partial charge is 0.226 e. The van der Waals surface area contributed by atoms with Crippen molar-refractivity contribution in [1.29, 1.82) is 0 Å². The summed E-state index contributed by atoms with van der Waals surface area (Å²) in [6.07, 6.45) is 2.97. The Labute approximate surface area is 165 Å². The third-order valence-corrected chi connectivity index (χ3v) is 4.90. The number of nitrogens with zero attached hydrogens (tertiary/aromatic N) is 1. The van der Waals surface area contributed by atoms with Crippen LogP contribution in [0.1, 0.15) is 11.1 Å². The van der Waals surface area contributed by atoms with E-state index in [-0.39, 0.29) is 5.91 Å². The molecule has 3 rings (SSSR count). The van der Waals surface area contributed by atoms with Crippen molar-refractivity contribution in [2.75, 3.05) is 34.9 Å². The highest BCUT2D eigenvalue weighted by Gasteiger charge is 2.16. The van der Waals surface area contributed by atoms with Crippen molar-refractivity contribution in [1.82, 2.24) is 9.88 Å². The average Bonchev–Trinajstić information content (AvgIpc) is 3.13. The van der Waals surface area contributed by atoms with Gasteiger partial charge in [-0.15, -0.1) is 0 Å². The number of H-pyrrole nitrogens is 1. The highest BCUT2D eigenvalue weighted by Crippen LogP contribution is 2.38. The van der Waals surface area contributed by atoms with Crippen LogP contribution in [0.25, 0.3) is 10.9 Å². The van der Waals surface area contributed by atoms with Crippen LogP contribution in [-0.2, 0) is 17.6 Å². The second kappa shape index (κ2) is 8.69. The molecule has 0 aliphatic carbocycles. The Morgan fingerprint density at radius 1 is 1.04 bits per heavy atom. The van der Waals surface area contributed by atoms with E-state index in [1.165, 1.54) is 0 Å². The molecule has 0 aliphatic heterocycles. The minimum Gasteiger partial charge on any atom is -0.493 e. The highest BCUT2D eigenvalue weighted by atomic mass is 16.5. The van der Waals surface area contributed by atoms with E-state index in [0.29, 0.717) is 36.6 Å². The summed E-state index contributed by atoms with van der Waals surface area (Å²) in [4.78, 5) is 17.6. The van der Waals surface area contributed by atoms with Crippen molar-refractivity contribution < 1.29 is 19.0 Å². The number of carbonyl (C=O) groups is 1. The summed E-state index contributed by atoms with van der Waals surface area (Å²) in [6.45, 7) is 0.597. The van der Waals surface area contributed by atoms with Crippen LogP contribution in [0.3, 0.4) is 0 Å². The highest BCUT2D eigenvalue weighted by molar-refractivity contribution is 5.88. The fourth-order valence-corrected chi connectivity index (χ4v) is 3.28. The molecule has 0 saturated carbocycles. The van der Waals surface area contributed by atoms with Gasteiger partial charge in [0.1, 0.15) is 0 Å². The molecule has 0 saturated heterocycles. The van der Waals surface area contributed by atoms with Crippen LogP contribution >= 0.6 is 0 Å². The van der Waals surface area contributed by atoms with Crippen LogP contribution < -0.4 is 14.2 Å². The Hall–Kier alpha value is -3.15. The van der Waals surface area contributed by atoms with Gasteiger partial charge >= 0.3 is 0 Å². The molecule has 1 amide bonds. The Balaban J connectivity index is 1.66. The number of benzene rings is 2. The summed E-state index contributed by atoms with van der Waals surface area (Å²) >= 11 is 0. The third kappa shape index (κ3) is 4.06. The number of fused-ring (bicyclic) bond motifs is 1. The van der Waals surface area contributed by atoms with E-state index >= 15 is 0 Å². The molecule has 0 bridgehead atoms. The number of likely N-dealkylation sites (N-methyl/N-ethyl adjacent to an activating group) is 1. The lowest BCUT2D eigenvalue weighted by atomic mass is 10.1. The molecule has 28 heavy (non-hydrogen) atoms. The van der Waals surface area contributed by atoms with Gasteiger partial charge in [0.2, 0.25) is 11.7 Å². The van der Waals surface area contributed by atoms with Crippen LogP contribution in [0.2, 0.25) is 0 Å². The number of carbonyl (C=O) groups excluding carboxylic acids is 1. The maximum Gasteiger partial charge on any atom is 0.226 e. The molecule has 1 N–H and O–H groups in total. The van der Waals surface area contributed by atoms with E-state index in [4.69, 9.17) is 14.2 Å². The Morgan fingerprint density at radius 2 is 1.71 bits per heavy atom. The Kier molecular flexibility index (Phi) is 6.09. The van der Waals surface area contributed by atoms with E-state index in [9.17, 15) is 4.79 Å². The number of para-hydroxylation sites is 1.